The van der Waals surface area contributed by atoms with Gasteiger partial charge in [-0.2, -0.15) is 5.10 Å². The molecule has 1 atom stereocenters. The summed E-state index contributed by atoms with van der Waals surface area (Å²) in [6.07, 6.45) is 1.72. The molecule has 0 spiro atoms. The van der Waals surface area contributed by atoms with Crippen LogP contribution >= 0.6 is 0 Å². The van der Waals surface area contributed by atoms with Gasteiger partial charge in [0.05, 0.1) is 11.8 Å². The average Bonchev–Trinajstić information content (AvgIpc) is 3.32. The Morgan fingerprint density at radius 3 is 2.52 bits per heavy atom. The van der Waals surface area contributed by atoms with Gasteiger partial charge in [-0.3, -0.25) is 4.79 Å². The largest absolute Gasteiger partial charge is 0.391 e. The number of benzene rings is 1. The third-order valence-corrected chi connectivity index (χ3v) is 4.21. The maximum absolute atomic E-state index is 12.4. The van der Waals surface area contributed by atoms with E-state index >= 15 is 0 Å². The first-order valence-corrected chi connectivity index (χ1v) is 7.90. The second-order valence-corrected chi connectivity index (χ2v) is 6.26. The zero-order valence-corrected chi connectivity index (χ0v) is 13.7. The first-order chi connectivity index (χ1) is 11.0. The number of carbonyl (C=O) groups is 1. The fourth-order valence-corrected chi connectivity index (χ4v) is 2.72. The Morgan fingerprint density at radius 2 is 2.00 bits per heavy atom. The Kier molecular flexibility index (Phi) is 4.17. The maximum Gasteiger partial charge on any atom is 0.253 e. The molecule has 1 heterocycles. The van der Waals surface area contributed by atoms with Crippen LogP contribution in [0.15, 0.2) is 24.3 Å². The second kappa shape index (κ2) is 6.12. The predicted octanol–water partition coefficient (Wildman–Crippen LogP) is 1.73. The Hall–Kier alpha value is -2.21. The lowest BCUT2D eigenvalue weighted by atomic mass is 10.1. The van der Waals surface area contributed by atoms with Gasteiger partial charge in [0, 0.05) is 19.2 Å². The Morgan fingerprint density at radius 1 is 1.35 bits per heavy atom. The Bertz CT molecular complexity index is 704. The van der Waals surface area contributed by atoms with Crippen LogP contribution in [-0.2, 0) is 0 Å². The number of aliphatic hydroxyl groups excluding tert-OH is 1. The molecule has 3 rings (SSSR count). The molecule has 1 unspecified atom stereocenters. The highest BCUT2D eigenvalue weighted by Gasteiger charge is 2.31. The van der Waals surface area contributed by atoms with Crippen molar-refractivity contribution < 1.29 is 9.90 Å². The third-order valence-electron chi connectivity index (χ3n) is 4.21. The normalized spacial score (nSPS) is 15.5. The van der Waals surface area contributed by atoms with Gasteiger partial charge >= 0.3 is 0 Å². The zero-order valence-electron chi connectivity index (χ0n) is 13.7. The van der Waals surface area contributed by atoms with E-state index in [1.807, 2.05) is 26.0 Å². The summed E-state index contributed by atoms with van der Waals surface area (Å²) in [5, 5.41) is 14.3. The van der Waals surface area contributed by atoms with Crippen molar-refractivity contribution in [2.75, 3.05) is 13.6 Å². The molecule has 122 valence electrons. The molecule has 0 bridgehead atoms. The summed E-state index contributed by atoms with van der Waals surface area (Å²) in [6.45, 7) is 4.13. The van der Waals surface area contributed by atoms with Gasteiger partial charge in [0.1, 0.15) is 11.6 Å². The quantitative estimate of drug-likeness (QED) is 0.912. The smallest absolute Gasteiger partial charge is 0.253 e. The average molecular weight is 314 g/mol. The van der Waals surface area contributed by atoms with Gasteiger partial charge in [0.2, 0.25) is 0 Å². The summed E-state index contributed by atoms with van der Waals surface area (Å²) >= 11 is 0. The van der Waals surface area contributed by atoms with Gasteiger partial charge in [0.15, 0.2) is 0 Å². The summed E-state index contributed by atoms with van der Waals surface area (Å²) < 4.78 is 1.75. The van der Waals surface area contributed by atoms with Crippen LogP contribution in [0.3, 0.4) is 0 Å². The molecule has 1 aliphatic rings. The van der Waals surface area contributed by atoms with E-state index in [9.17, 15) is 9.90 Å². The fourth-order valence-electron chi connectivity index (χ4n) is 2.72. The lowest BCUT2D eigenvalue weighted by molar-refractivity contribution is 0.0645. The molecule has 1 fully saturated rings. The SMILES string of the molecule is Cc1nc(C)n(-c2ccc(C(=O)N(C)CC(O)C3CC3)cc2)n1. The molecule has 1 amide bonds. The van der Waals surface area contributed by atoms with E-state index in [1.165, 1.54) is 0 Å². The molecule has 0 radical (unpaired) electrons. The first-order valence-electron chi connectivity index (χ1n) is 7.90. The van der Waals surface area contributed by atoms with E-state index in [0.29, 0.717) is 18.0 Å². The lowest BCUT2D eigenvalue weighted by Gasteiger charge is -2.21. The minimum atomic E-state index is -0.413. The van der Waals surface area contributed by atoms with E-state index in [-0.39, 0.29) is 5.91 Å². The van der Waals surface area contributed by atoms with Gasteiger partial charge < -0.3 is 10.0 Å². The minimum Gasteiger partial charge on any atom is -0.391 e. The number of aliphatic hydroxyl groups is 1. The number of rotatable bonds is 5. The monoisotopic (exact) mass is 314 g/mol. The van der Waals surface area contributed by atoms with E-state index in [4.69, 9.17) is 0 Å². The fraction of sp³-hybridized carbons (Fsp3) is 0.471. The molecule has 1 saturated carbocycles. The minimum absolute atomic E-state index is 0.0808. The number of aryl methyl sites for hydroxylation is 2. The Labute approximate surface area is 135 Å². The number of carbonyl (C=O) groups excluding carboxylic acids is 1. The zero-order chi connectivity index (χ0) is 16.6. The number of hydrogen-bond donors (Lipinski definition) is 1. The molecule has 6 heteroatoms. The molecule has 1 aromatic carbocycles. The molecule has 1 N–H and O–H groups in total. The molecular weight excluding hydrogens is 292 g/mol. The molecule has 6 nitrogen and oxygen atoms in total. The van der Waals surface area contributed by atoms with Crippen molar-refractivity contribution in [2.24, 2.45) is 5.92 Å². The highest BCUT2D eigenvalue weighted by molar-refractivity contribution is 5.94. The standard InChI is InChI=1S/C17H22N4O2/c1-11-18-12(2)21(19-11)15-8-6-14(7-9-15)17(23)20(3)10-16(22)13-4-5-13/h6-9,13,16,22H,4-5,10H2,1-3H3. The second-order valence-electron chi connectivity index (χ2n) is 6.26. The van der Waals surface area contributed by atoms with Crippen LogP contribution in [-0.4, -0.2) is 50.4 Å². The van der Waals surface area contributed by atoms with Crippen LogP contribution in [0.4, 0.5) is 0 Å². The third kappa shape index (κ3) is 3.42. The van der Waals surface area contributed by atoms with E-state index in [0.717, 1.165) is 30.2 Å². The van der Waals surface area contributed by atoms with Crippen LogP contribution in [0.1, 0.15) is 34.8 Å². The van der Waals surface area contributed by atoms with Crippen molar-refractivity contribution in [2.45, 2.75) is 32.8 Å². The molecule has 0 aliphatic heterocycles. The molecule has 23 heavy (non-hydrogen) atoms. The highest BCUT2D eigenvalue weighted by atomic mass is 16.3. The maximum atomic E-state index is 12.4. The molecule has 1 aliphatic carbocycles. The summed E-state index contributed by atoms with van der Waals surface area (Å²) in [7, 11) is 1.73. The van der Waals surface area contributed by atoms with Gasteiger partial charge in [-0.1, -0.05) is 0 Å². The highest BCUT2D eigenvalue weighted by Crippen LogP contribution is 2.32. The van der Waals surface area contributed by atoms with E-state index in [2.05, 4.69) is 10.1 Å². The number of nitrogens with zero attached hydrogens (tertiary/aromatic N) is 4. The number of likely N-dealkylation sites (N-methyl/N-ethyl adjacent to an activating group) is 1. The van der Waals surface area contributed by atoms with Crippen molar-refractivity contribution in [3.8, 4) is 5.69 Å². The molecule has 0 saturated heterocycles. The van der Waals surface area contributed by atoms with Crippen molar-refractivity contribution in [1.82, 2.24) is 19.7 Å². The van der Waals surface area contributed by atoms with Gasteiger partial charge in [-0.05, 0) is 56.9 Å². The summed E-state index contributed by atoms with van der Waals surface area (Å²) in [5.41, 5.74) is 1.48. The molecular formula is C17H22N4O2. The first kappa shape index (κ1) is 15.7. The van der Waals surface area contributed by atoms with Crippen LogP contribution in [0.2, 0.25) is 0 Å². The number of aromatic nitrogens is 3. The topological polar surface area (TPSA) is 71.2 Å². The number of amides is 1. The molecule has 1 aromatic heterocycles. The summed E-state index contributed by atoms with van der Waals surface area (Å²) in [6, 6.07) is 7.29. The predicted molar refractivity (Wildman–Crippen MR) is 86.5 cm³/mol. The van der Waals surface area contributed by atoms with Crippen molar-refractivity contribution in [1.29, 1.82) is 0 Å². The lowest BCUT2D eigenvalue weighted by Crippen LogP contribution is -2.35. The summed E-state index contributed by atoms with van der Waals surface area (Å²) in [4.78, 5) is 18.3. The van der Waals surface area contributed by atoms with Crippen molar-refractivity contribution in [3.05, 3.63) is 41.5 Å². The molecule has 2 aromatic rings. The van der Waals surface area contributed by atoms with E-state index < -0.39 is 6.10 Å². The Balaban J connectivity index is 1.71. The summed E-state index contributed by atoms with van der Waals surface area (Å²) in [5.74, 6) is 1.82. The van der Waals surface area contributed by atoms with Crippen LogP contribution < -0.4 is 0 Å². The van der Waals surface area contributed by atoms with Crippen LogP contribution in [0.5, 0.6) is 0 Å². The van der Waals surface area contributed by atoms with Gasteiger partial charge in [-0.25, -0.2) is 9.67 Å². The van der Waals surface area contributed by atoms with Gasteiger partial charge in [-0.15, -0.1) is 0 Å². The van der Waals surface area contributed by atoms with Crippen LogP contribution in [0.25, 0.3) is 5.69 Å². The van der Waals surface area contributed by atoms with Crippen molar-refractivity contribution >= 4 is 5.91 Å². The number of hydrogen-bond acceptors (Lipinski definition) is 4. The van der Waals surface area contributed by atoms with E-state index in [1.54, 1.807) is 28.8 Å². The van der Waals surface area contributed by atoms with Gasteiger partial charge in [0.25, 0.3) is 5.91 Å². The van der Waals surface area contributed by atoms with Crippen LogP contribution in [0, 0.1) is 19.8 Å². The van der Waals surface area contributed by atoms with Crippen molar-refractivity contribution in [3.63, 3.8) is 0 Å².